The van der Waals surface area contributed by atoms with E-state index in [2.05, 4.69) is 0 Å². The second-order valence-corrected chi connectivity index (χ2v) is 18.6. The Morgan fingerprint density at radius 1 is 0.385 bits per heavy atom. The molecule has 0 fully saturated rings. The van der Waals surface area contributed by atoms with E-state index in [9.17, 15) is 19.2 Å². The molecule has 0 bridgehead atoms. The van der Waals surface area contributed by atoms with Gasteiger partial charge in [0.05, 0.1) is 0 Å². The number of carbonyl (C=O) groups is 4. The van der Waals surface area contributed by atoms with Gasteiger partial charge in [-0.15, -0.1) is 0 Å². The predicted molar refractivity (Wildman–Crippen MR) is 213 cm³/mol. The Labute approximate surface area is 307 Å². The molecule has 0 spiro atoms. The number of carbonyl (C=O) groups excluding carboxylic acids is 4. The lowest BCUT2D eigenvalue weighted by molar-refractivity contribution is 0.102. The van der Waals surface area contributed by atoms with Crippen LogP contribution in [0.5, 0.6) is 0 Å². The topological polar surface area (TPSA) is 102 Å². The van der Waals surface area contributed by atoms with Gasteiger partial charge in [0.25, 0.3) is 0 Å². The summed E-state index contributed by atoms with van der Waals surface area (Å²) in [5.41, 5.74) is 1.99. The Morgan fingerprint density at radius 3 is 0.923 bits per heavy atom. The normalized spacial score (nSPS) is 13.3. The fraction of sp³-hybridized carbons (Fsp3) is 0.227. The summed E-state index contributed by atoms with van der Waals surface area (Å²) in [5, 5.41) is 0.143. The molecule has 0 saturated heterocycles. The molecule has 0 aliphatic rings. The van der Waals surface area contributed by atoms with E-state index >= 15 is 9.13 Å². The molecule has 0 amide bonds. The maximum Gasteiger partial charge on any atom is 0.248 e. The van der Waals surface area contributed by atoms with E-state index in [0.717, 1.165) is 11.1 Å². The second kappa shape index (κ2) is 15.1. The zero-order chi connectivity index (χ0) is 37.6. The van der Waals surface area contributed by atoms with Crippen molar-refractivity contribution in [3.63, 3.8) is 0 Å². The first kappa shape index (κ1) is 40.0. The van der Waals surface area contributed by atoms with Crippen molar-refractivity contribution in [3.8, 4) is 0 Å². The van der Waals surface area contributed by atoms with Crippen molar-refractivity contribution in [2.45, 2.75) is 69.7 Å². The molecule has 2 atom stereocenters. The molecule has 5 aromatic rings. The van der Waals surface area contributed by atoms with E-state index in [1.807, 2.05) is 38.1 Å². The Balaban J connectivity index is 0.00000605. The largest absolute Gasteiger partial charge is 0.302 e. The van der Waals surface area contributed by atoms with Crippen LogP contribution in [0.3, 0.4) is 0 Å². The van der Waals surface area contributed by atoms with Gasteiger partial charge in [-0.25, -0.2) is 0 Å². The third-order valence-corrected chi connectivity index (χ3v) is 14.8. The van der Waals surface area contributed by atoms with Crippen LogP contribution in [0.4, 0.5) is 0 Å². The van der Waals surface area contributed by atoms with E-state index in [-0.39, 0.29) is 45.9 Å². The lowest BCUT2D eigenvalue weighted by Crippen LogP contribution is -2.25. The summed E-state index contributed by atoms with van der Waals surface area (Å²) in [5.74, 6) is 0. The van der Waals surface area contributed by atoms with Crippen molar-refractivity contribution in [3.05, 3.63) is 163 Å². The molecule has 5 rings (SSSR count). The van der Waals surface area contributed by atoms with Gasteiger partial charge in [-0.2, -0.15) is 0 Å². The first-order valence-corrected chi connectivity index (χ1v) is 20.1. The van der Waals surface area contributed by atoms with Crippen molar-refractivity contribution < 1.29 is 28.3 Å². The molecule has 268 valence electrons. The lowest BCUT2D eigenvalue weighted by Gasteiger charge is -2.24. The first-order valence-electron chi connectivity index (χ1n) is 16.7. The summed E-state index contributed by atoms with van der Waals surface area (Å²) in [4.78, 5) is 59.1. The smallest absolute Gasteiger partial charge is 0.248 e. The summed E-state index contributed by atoms with van der Waals surface area (Å²) < 4.78 is 30.8. The highest BCUT2D eigenvalue weighted by atomic mass is 31.2. The number of hydrogen-bond donors (Lipinski definition) is 0. The number of benzene rings is 5. The average Bonchev–Trinajstić information content (AvgIpc) is 3.06. The molecule has 0 heterocycles. The summed E-state index contributed by atoms with van der Waals surface area (Å²) in [6.07, 6.45) is 0. The maximum absolute atomic E-state index is 15.4. The van der Waals surface area contributed by atoms with Crippen molar-refractivity contribution in [2.75, 3.05) is 0 Å². The van der Waals surface area contributed by atoms with E-state index in [4.69, 9.17) is 0 Å². The maximum atomic E-state index is 15.4. The second-order valence-electron chi connectivity index (χ2n) is 13.5. The van der Waals surface area contributed by atoms with Crippen LogP contribution in [0, 0.1) is 62.3 Å². The molecule has 6 nitrogen and oxygen atoms in total. The number of rotatable bonds is 10. The van der Waals surface area contributed by atoms with Crippen LogP contribution in [0.25, 0.3) is 0 Å². The summed E-state index contributed by atoms with van der Waals surface area (Å²) >= 11 is 0. The lowest BCUT2D eigenvalue weighted by atomic mass is 9.94. The zero-order valence-corrected chi connectivity index (χ0v) is 32.3. The van der Waals surface area contributed by atoms with E-state index < -0.39 is 36.4 Å². The van der Waals surface area contributed by atoms with Crippen molar-refractivity contribution in [1.82, 2.24) is 0 Å². The SMILES string of the molecule is C.Cc1cc(C)c(C(=O)P(=O)(C(=O)c2c(C)cc(C)c(C(=O)P(=O)(C(=O)c3c(C)cc(C)cc3C)c3ccccc3)c2C)c2ccccc2)c(C)c1. The van der Waals surface area contributed by atoms with Gasteiger partial charge >= 0.3 is 0 Å². The fourth-order valence-corrected chi connectivity index (χ4v) is 12.6. The quantitative estimate of drug-likeness (QED) is 0.132. The Hall–Kier alpha value is -4.76. The van der Waals surface area contributed by atoms with Gasteiger partial charge in [-0.05, 0) is 101 Å². The summed E-state index contributed by atoms with van der Waals surface area (Å²) in [6, 6.07) is 24.8. The monoisotopic (exact) mass is 732 g/mol. The van der Waals surface area contributed by atoms with Gasteiger partial charge < -0.3 is 9.13 Å². The number of hydrogen-bond acceptors (Lipinski definition) is 6. The molecule has 0 aliphatic heterocycles. The molecule has 0 N–H and O–H groups in total. The molecule has 5 aromatic carbocycles. The summed E-state index contributed by atoms with van der Waals surface area (Å²) in [7, 11) is -9.19. The molecule has 0 aromatic heterocycles. The van der Waals surface area contributed by atoms with Crippen LogP contribution in [-0.4, -0.2) is 22.1 Å². The summed E-state index contributed by atoms with van der Waals surface area (Å²) in [6.45, 7) is 15.6. The molecular formula is C44H46O6P2. The van der Waals surface area contributed by atoms with Gasteiger partial charge in [-0.3, -0.25) is 19.2 Å². The highest BCUT2D eigenvalue weighted by Gasteiger charge is 2.48. The van der Waals surface area contributed by atoms with Crippen molar-refractivity contribution in [1.29, 1.82) is 0 Å². The Kier molecular flexibility index (Phi) is 11.6. The Bertz CT molecular complexity index is 2160. The van der Waals surface area contributed by atoms with Gasteiger partial charge in [0.15, 0.2) is 0 Å². The van der Waals surface area contributed by atoms with Crippen molar-refractivity contribution >= 4 is 47.0 Å². The highest BCUT2D eigenvalue weighted by Crippen LogP contribution is 2.55. The molecule has 52 heavy (non-hydrogen) atoms. The third-order valence-electron chi connectivity index (χ3n) is 9.56. The standard InChI is InChI=1S/C43H42O6P2.CH4/c1-25-20-27(3)36(28(4)21-25)40(44)50(48,34-16-12-10-13-17-34)42(46)38-31(7)24-32(8)39(33(38)9)43(47)51(49,35-18-14-11-15-19-35)41(45)37-29(5)22-26(2)23-30(37)6;/h10-24H,1-9H3;1H4. The van der Waals surface area contributed by atoms with Crippen LogP contribution < -0.4 is 10.6 Å². The third kappa shape index (κ3) is 6.67. The van der Waals surface area contributed by atoms with Crippen LogP contribution in [0.1, 0.15) is 98.9 Å². The zero-order valence-electron chi connectivity index (χ0n) is 30.5. The van der Waals surface area contributed by atoms with Gasteiger partial charge in [-0.1, -0.05) is 110 Å². The molecule has 2 unspecified atom stereocenters. The molecule has 0 radical (unpaired) electrons. The van der Waals surface area contributed by atoms with Crippen LogP contribution in [-0.2, 0) is 9.13 Å². The van der Waals surface area contributed by atoms with E-state index in [1.54, 1.807) is 84.0 Å². The van der Waals surface area contributed by atoms with Gasteiger partial charge in [0.2, 0.25) is 36.4 Å². The highest BCUT2D eigenvalue weighted by molar-refractivity contribution is 8.01. The van der Waals surface area contributed by atoms with Crippen molar-refractivity contribution in [2.24, 2.45) is 0 Å². The van der Waals surface area contributed by atoms with Crippen LogP contribution in [0.2, 0.25) is 0 Å². The van der Waals surface area contributed by atoms with E-state index in [0.29, 0.717) is 33.4 Å². The molecular weight excluding hydrogens is 686 g/mol. The predicted octanol–water partition coefficient (Wildman–Crippen LogP) is 10.4. The average molecular weight is 733 g/mol. The number of aryl methyl sites for hydroxylation is 8. The Morgan fingerprint density at radius 2 is 0.635 bits per heavy atom. The van der Waals surface area contributed by atoms with Crippen LogP contribution >= 0.6 is 14.3 Å². The molecule has 8 heteroatoms. The van der Waals surface area contributed by atoms with Gasteiger partial charge in [0, 0.05) is 32.9 Å². The minimum atomic E-state index is -4.59. The molecule has 0 saturated carbocycles. The minimum Gasteiger partial charge on any atom is -0.302 e. The van der Waals surface area contributed by atoms with Crippen LogP contribution in [0.15, 0.2) is 91.0 Å². The molecule has 0 aliphatic carbocycles. The fourth-order valence-electron chi connectivity index (χ4n) is 7.44. The first-order chi connectivity index (χ1) is 24.0. The minimum absolute atomic E-state index is 0. The van der Waals surface area contributed by atoms with E-state index in [1.165, 1.54) is 31.2 Å². The van der Waals surface area contributed by atoms with Gasteiger partial charge in [0.1, 0.15) is 0 Å².